The topological polar surface area (TPSA) is 76.7 Å². The second kappa shape index (κ2) is 5.13. The lowest BCUT2D eigenvalue weighted by atomic mass is 9.42. The highest BCUT2D eigenvalue weighted by Crippen LogP contribution is 2.66. The maximum Gasteiger partial charge on any atom is 0.402 e. The lowest BCUT2D eigenvalue weighted by Gasteiger charge is -2.62. The molecule has 4 saturated carbocycles. The highest BCUT2D eigenvalue weighted by Gasteiger charge is 2.66. The molecule has 0 aromatic rings. The Morgan fingerprint density at radius 1 is 1.12 bits per heavy atom. The van der Waals surface area contributed by atoms with Crippen molar-refractivity contribution >= 4 is 5.91 Å². The van der Waals surface area contributed by atoms with Crippen LogP contribution in [0.2, 0.25) is 0 Å². The summed E-state index contributed by atoms with van der Waals surface area (Å²) < 4.78 is 40.3. The lowest BCUT2D eigenvalue weighted by Crippen LogP contribution is -2.67. The van der Waals surface area contributed by atoms with Crippen molar-refractivity contribution < 1.29 is 18.0 Å². The van der Waals surface area contributed by atoms with Crippen LogP contribution < -0.4 is 5.32 Å². The molecule has 4 rings (SSSR count). The van der Waals surface area contributed by atoms with E-state index in [9.17, 15) is 28.5 Å². The number of nitriles is 2. The largest absolute Gasteiger partial charge is 0.402 e. The molecule has 0 aromatic carbocycles. The fourth-order valence-electron chi connectivity index (χ4n) is 5.70. The molecule has 4 bridgehead atoms. The number of nitrogens with zero attached hydrogens (tertiary/aromatic N) is 2. The predicted octanol–water partition coefficient (Wildman–Crippen LogP) is 3.84. The van der Waals surface area contributed by atoms with Crippen LogP contribution in [0.1, 0.15) is 58.8 Å². The molecule has 136 valence electrons. The SMILES string of the molecule is CCC(C)(C(=O)NC12CC3CC(C#N)(CC(C#N)(C3)C1)C2)C(F)(F)F. The van der Waals surface area contributed by atoms with Gasteiger partial charge in [0.1, 0.15) is 5.41 Å². The molecule has 0 aromatic heterocycles. The third-order valence-corrected chi connectivity index (χ3v) is 6.76. The van der Waals surface area contributed by atoms with E-state index in [0.717, 1.165) is 6.92 Å². The summed E-state index contributed by atoms with van der Waals surface area (Å²) in [7, 11) is 0. The minimum absolute atomic E-state index is 0.106. The van der Waals surface area contributed by atoms with Crippen molar-refractivity contribution in [1.29, 1.82) is 10.5 Å². The first kappa shape index (κ1) is 18.0. The van der Waals surface area contributed by atoms with Crippen LogP contribution in [0.4, 0.5) is 13.2 Å². The molecule has 0 spiro atoms. The van der Waals surface area contributed by atoms with Crippen molar-refractivity contribution in [3.05, 3.63) is 0 Å². The highest BCUT2D eigenvalue weighted by molar-refractivity contribution is 5.84. The van der Waals surface area contributed by atoms with Gasteiger partial charge < -0.3 is 5.32 Å². The molecule has 0 aliphatic heterocycles. The summed E-state index contributed by atoms with van der Waals surface area (Å²) >= 11 is 0. The van der Waals surface area contributed by atoms with Crippen molar-refractivity contribution in [1.82, 2.24) is 5.32 Å². The first-order valence-corrected chi connectivity index (χ1v) is 8.69. The maximum absolute atomic E-state index is 13.4. The minimum atomic E-state index is -4.64. The summed E-state index contributed by atoms with van der Waals surface area (Å²) in [4.78, 5) is 12.6. The number of hydrogen-bond acceptors (Lipinski definition) is 3. The molecule has 25 heavy (non-hydrogen) atoms. The standard InChI is InChI=1S/C18H22F3N3O/c1-3-14(2,18(19,20)21)13(25)24-17-6-12-4-15(8-17,10-22)7-16(5-12,9-17)11-23/h12H,3-9H2,1-2H3,(H,24,25). The van der Waals surface area contributed by atoms with Gasteiger partial charge in [-0.25, -0.2) is 0 Å². The number of carbonyl (C=O) groups excluding carboxylic acids is 1. The van der Waals surface area contributed by atoms with E-state index in [1.807, 2.05) is 0 Å². The van der Waals surface area contributed by atoms with E-state index in [4.69, 9.17) is 0 Å². The van der Waals surface area contributed by atoms with Gasteiger partial charge in [-0.3, -0.25) is 4.79 Å². The second-order valence-electron chi connectivity index (χ2n) is 8.71. The Labute approximate surface area is 145 Å². The van der Waals surface area contributed by atoms with Crippen LogP contribution in [0.15, 0.2) is 0 Å². The Kier molecular flexibility index (Phi) is 3.70. The van der Waals surface area contributed by atoms with Gasteiger partial charge in [-0.15, -0.1) is 0 Å². The summed E-state index contributed by atoms with van der Waals surface area (Å²) in [6.45, 7) is 2.27. The van der Waals surface area contributed by atoms with E-state index < -0.39 is 33.9 Å². The van der Waals surface area contributed by atoms with E-state index in [0.29, 0.717) is 38.5 Å². The molecule has 0 saturated heterocycles. The number of hydrogen-bond donors (Lipinski definition) is 1. The summed E-state index contributed by atoms with van der Waals surface area (Å²) in [6, 6.07) is 4.65. The maximum atomic E-state index is 13.4. The number of carbonyl (C=O) groups is 1. The molecular weight excluding hydrogens is 331 g/mol. The monoisotopic (exact) mass is 353 g/mol. The Balaban J connectivity index is 1.94. The Bertz CT molecular complexity index is 659. The molecule has 4 nitrogen and oxygen atoms in total. The zero-order valence-corrected chi connectivity index (χ0v) is 14.5. The summed E-state index contributed by atoms with van der Waals surface area (Å²) in [5.74, 6) is -0.930. The predicted molar refractivity (Wildman–Crippen MR) is 82.6 cm³/mol. The van der Waals surface area contributed by atoms with Gasteiger partial charge >= 0.3 is 6.18 Å². The molecule has 7 heteroatoms. The van der Waals surface area contributed by atoms with Crippen molar-refractivity contribution in [2.75, 3.05) is 0 Å². The van der Waals surface area contributed by atoms with E-state index in [1.165, 1.54) is 6.92 Å². The van der Waals surface area contributed by atoms with Crippen molar-refractivity contribution in [2.45, 2.75) is 70.5 Å². The van der Waals surface area contributed by atoms with Crippen molar-refractivity contribution in [3.63, 3.8) is 0 Å². The van der Waals surface area contributed by atoms with Crippen LogP contribution in [-0.4, -0.2) is 17.6 Å². The third-order valence-electron chi connectivity index (χ3n) is 6.76. The molecule has 4 aliphatic rings. The van der Waals surface area contributed by atoms with Crippen LogP contribution in [0, 0.1) is 44.8 Å². The molecule has 0 radical (unpaired) electrons. The molecule has 1 N–H and O–H groups in total. The Morgan fingerprint density at radius 2 is 1.64 bits per heavy atom. The van der Waals surface area contributed by atoms with Gasteiger partial charge in [0.2, 0.25) is 5.91 Å². The molecule has 4 aliphatic carbocycles. The average molecular weight is 353 g/mol. The number of rotatable bonds is 3. The number of halogens is 3. The van der Waals surface area contributed by atoms with E-state index in [1.54, 1.807) is 0 Å². The number of nitrogens with one attached hydrogen (secondary N) is 1. The number of amides is 1. The van der Waals surface area contributed by atoms with E-state index in [2.05, 4.69) is 17.5 Å². The average Bonchev–Trinajstić information content (AvgIpc) is 2.51. The zero-order valence-electron chi connectivity index (χ0n) is 14.5. The summed E-state index contributed by atoms with van der Waals surface area (Å²) in [5.41, 5.74) is -4.74. The molecular formula is C18H22F3N3O. The Hall–Kier alpha value is -1.76. The van der Waals surface area contributed by atoms with Gasteiger partial charge in [0, 0.05) is 5.54 Å². The van der Waals surface area contributed by atoms with E-state index in [-0.39, 0.29) is 12.3 Å². The third kappa shape index (κ3) is 2.51. The van der Waals surface area contributed by atoms with Crippen LogP contribution in [0.25, 0.3) is 0 Å². The molecule has 0 heterocycles. The van der Waals surface area contributed by atoms with Gasteiger partial charge in [0.05, 0.1) is 23.0 Å². The van der Waals surface area contributed by atoms with Crippen LogP contribution in [-0.2, 0) is 4.79 Å². The van der Waals surface area contributed by atoms with Gasteiger partial charge in [0.15, 0.2) is 0 Å². The van der Waals surface area contributed by atoms with Crippen molar-refractivity contribution in [2.24, 2.45) is 22.2 Å². The first-order valence-electron chi connectivity index (χ1n) is 8.69. The van der Waals surface area contributed by atoms with E-state index >= 15 is 0 Å². The van der Waals surface area contributed by atoms with Crippen LogP contribution in [0.5, 0.6) is 0 Å². The summed E-state index contributed by atoms with van der Waals surface area (Å²) in [6.07, 6.45) is -1.93. The molecule has 3 atom stereocenters. The highest BCUT2D eigenvalue weighted by atomic mass is 19.4. The van der Waals surface area contributed by atoms with Crippen molar-refractivity contribution in [3.8, 4) is 12.1 Å². The van der Waals surface area contributed by atoms with Crippen LogP contribution >= 0.6 is 0 Å². The fraction of sp³-hybridized carbons (Fsp3) is 0.833. The van der Waals surface area contributed by atoms with Gasteiger partial charge in [0.25, 0.3) is 0 Å². The fourth-order valence-corrected chi connectivity index (χ4v) is 5.70. The lowest BCUT2D eigenvalue weighted by molar-refractivity contribution is -0.220. The molecule has 4 fully saturated rings. The Morgan fingerprint density at radius 3 is 2.04 bits per heavy atom. The minimum Gasteiger partial charge on any atom is -0.350 e. The van der Waals surface area contributed by atoms with Gasteiger partial charge in [-0.2, -0.15) is 23.7 Å². The smallest absolute Gasteiger partial charge is 0.350 e. The van der Waals surface area contributed by atoms with Gasteiger partial charge in [-0.1, -0.05) is 6.92 Å². The zero-order chi connectivity index (χ0) is 18.7. The molecule has 1 amide bonds. The first-order chi connectivity index (χ1) is 11.5. The normalized spacial score (nSPS) is 41.5. The quantitative estimate of drug-likeness (QED) is 0.837. The number of alkyl halides is 3. The van der Waals surface area contributed by atoms with Crippen LogP contribution in [0.3, 0.4) is 0 Å². The molecule has 3 unspecified atom stereocenters. The summed E-state index contributed by atoms with van der Waals surface area (Å²) in [5, 5.41) is 22.0. The van der Waals surface area contributed by atoms with Gasteiger partial charge in [-0.05, 0) is 57.8 Å². The second-order valence-corrected chi connectivity index (χ2v) is 8.71.